The van der Waals surface area contributed by atoms with Crippen LogP contribution < -0.4 is 0 Å². The van der Waals surface area contributed by atoms with Crippen LogP contribution in [0.25, 0.3) is 0 Å². The maximum atomic E-state index is 13.2. The van der Waals surface area contributed by atoms with Crippen molar-refractivity contribution in [3.63, 3.8) is 0 Å². The van der Waals surface area contributed by atoms with Gasteiger partial charge in [-0.15, -0.1) is 11.8 Å². The van der Waals surface area contributed by atoms with Crippen molar-refractivity contribution >= 4 is 27.7 Å². The van der Waals surface area contributed by atoms with E-state index in [2.05, 4.69) is 34.1 Å². The quantitative estimate of drug-likeness (QED) is 0.679. The van der Waals surface area contributed by atoms with Gasteiger partial charge >= 0.3 is 0 Å². The summed E-state index contributed by atoms with van der Waals surface area (Å²) in [6.45, 7) is 0. The Kier molecular flexibility index (Phi) is 3.94. The Labute approximate surface area is 125 Å². The van der Waals surface area contributed by atoms with E-state index in [9.17, 15) is 4.39 Å². The van der Waals surface area contributed by atoms with Crippen LogP contribution >= 0.6 is 27.7 Å². The molecule has 1 aliphatic rings. The van der Waals surface area contributed by atoms with Crippen molar-refractivity contribution in [2.45, 2.75) is 29.9 Å². The summed E-state index contributed by atoms with van der Waals surface area (Å²) in [5, 5.41) is 0. The molecule has 0 saturated heterocycles. The number of thioether (sulfide) groups is 1. The summed E-state index contributed by atoms with van der Waals surface area (Å²) in [5.41, 5.74) is 4.15. The number of aryl methyl sites for hydroxylation is 2. The molecule has 2 aromatic rings. The fraction of sp³-hybridized carbons (Fsp3) is 0.250. The smallest absolute Gasteiger partial charge is 0.137 e. The fourth-order valence-electron chi connectivity index (χ4n) is 2.43. The zero-order chi connectivity index (χ0) is 13.2. The molecule has 1 aliphatic carbocycles. The van der Waals surface area contributed by atoms with Gasteiger partial charge in [0.25, 0.3) is 0 Å². The fourth-order valence-corrected chi connectivity index (χ4v) is 3.76. The van der Waals surface area contributed by atoms with E-state index >= 15 is 0 Å². The number of benzene rings is 2. The van der Waals surface area contributed by atoms with Gasteiger partial charge in [-0.1, -0.05) is 12.1 Å². The summed E-state index contributed by atoms with van der Waals surface area (Å²) in [6.07, 6.45) is 3.73. The molecule has 0 N–H and O–H groups in total. The Hall–Kier alpha value is -0.800. The summed E-state index contributed by atoms with van der Waals surface area (Å²) in [4.78, 5) is 1.31. The van der Waals surface area contributed by atoms with Crippen LogP contribution in [0.4, 0.5) is 4.39 Å². The van der Waals surface area contributed by atoms with Crippen LogP contribution in [-0.2, 0) is 18.6 Å². The van der Waals surface area contributed by atoms with Gasteiger partial charge in [-0.25, -0.2) is 4.39 Å². The van der Waals surface area contributed by atoms with Crippen LogP contribution in [0, 0.1) is 5.82 Å². The van der Waals surface area contributed by atoms with Crippen LogP contribution in [0.1, 0.15) is 23.1 Å². The highest BCUT2D eigenvalue weighted by Gasteiger charge is 2.11. The lowest BCUT2D eigenvalue weighted by molar-refractivity contribution is 0.620. The molecule has 0 spiro atoms. The van der Waals surface area contributed by atoms with E-state index in [1.165, 1.54) is 41.4 Å². The van der Waals surface area contributed by atoms with Gasteiger partial charge in [-0.2, -0.15) is 0 Å². The molecule has 0 radical (unpaired) electrons. The molecule has 0 saturated carbocycles. The molecule has 0 amide bonds. The van der Waals surface area contributed by atoms with Crippen molar-refractivity contribution in [1.29, 1.82) is 0 Å². The Morgan fingerprint density at radius 3 is 2.74 bits per heavy atom. The van der Waals surface area contributed by atoms with E-state index in [4.69, 9.17) is 0 Å². The SMILES string of the molecule is Fc1ccc(CSc2ccc3c(c2)CCC3)cc1Br. The molecule has 3 heteroatoms. The zero-order valence-corrected chi connectivity index (χ0v) is 12.9. The van der Waals surface area contributed by atoms with Gasteiger partial charge in [0.15, 0.2) is 0 Å². The Balaban J connectivity index is 1.70. The highest BCUT2D eigenvalue weighted by molar-refractivity contribution is 9.10. The molecule has 0 fully saturated rings. The summed E-state index contributed by atoms with van der Waals surface area (Å²) in [6, 6.07) is 12.0. The molecule has 0 unspecified atom stereocenters. The standard InChI is InChI=1S/C16H14BrFS/c17-15-8-11(4-7-16(15)18)10-19-14-6-5-12-2-1-3-13(12)9-14/h4-9H,1-3,10H2. The third-order valence-electron chi connectivity index (χ3n) is 3.46. The van der Waals surface area contributed by atoms with Gasteiger partial charge in [-0.05, 0) is 76.1 Å². The monoisotopic (exact) mass is 336 g/mol. The lowest BCUT2D eigenvalue weighted by Gasteiger charge is -2.06. The summed E-state index contributed by atoms with van der Waals surface area (Å²) in [5.74, 6) is 0.670. The highest BCUT2D eigenvalue weighted by atomic mass is 79.9. The van der Waals surface area contributed by atoms with E-state index in [0.717, 1.165) is 11.3 Å². The normalized spacial score (nSPS) is 13.6. The molecule has 3 rings (SSSR count). The number of hydrogen-bond donors (Lipinski definition) is 0. The predicted octanol–water partition coefficient (Wildman–Crippen LogP) is 5.37. The van der Waals surface area contributed by atoms with Crippen LogP contribution in [0.5, 0.6) is 0 Å². The van der Waals surface area contributed by atoms with E-state index in [0.29, 0.717) is 4.47 Å². The second-order valence-electron chi connectivity index (χ2n) is 4.82. The second-order valence-corrected chi connectivity index (χ2v) is 6.72. The van der Waals surface area contributed by atoms with Crippen molar-refractivity contribution in [2.75, 3.05) is 0 Å². The minimum Gasteiger partial charge on any atom is -0.206 e. The highest BCUT2D eigenvalue weighted by Crippen LogP contribution is 2.30. The van der Waals surface area contributed by atoms with Crippen molar-refractivity contribution < 1.29 is 4.39 Å². The van der Waals surface area contributed by atoms with Gasteiger partial charge in [0, 0.05) is 10.6 Å². The molecule has 0 bridgehead atoms. The Morgan fingerprint density at radius 2 is 1.89 bits per heavy atom. The van der Waals surface area contributed by atoms with E-state index < -0.39 is 0 Å². The van der Waals surface area contributed by atoms with Crippen molar-refractivity contribution in [3.05, 3.63) is 63.4 Å². The average Bonchev–Trinajstić information content (AvgIpc) is 2.87. The van der Waals surface area contributed by atoms with Crippen LogP contribution in [-0.4, -0.2) is 0 Å². The van der Waals surface area contributed by atoms with E-state index in [-0.39, 0.29) is 5.82 Å². The minimum absolute atomic E-state index is 0.203. The molecular formula is C16H14BrFS. The van der Waals surface area contributed by atoms with E-state index in [1.54, 1.807) is 0 Å². The predicted molar refractivity (Wildman–Crippen MR) is 82.1 cm³/mol. The summed E-state index contributed by atoms with van der Waals surface area (Å²) >= 11 is 5.04. The molecule has 0 heterocycles. The lowest BCUT2D eigenvalue weighted by atomic mass is 10.1. The van der Waals surface area contributed by atoms with Crippen molar-refractivity contribution in [2.24, 2.45) is 0 Å². The lowest BCUT2D eigenvalue weighted by Crippen LogP contribution is -1.86. The average molecular weight is 337 g/mol. The molecule has 0 nitrogen and oxygen atoms in total. The maximum Gasteiger partial charge on any atom is 0.137 e. The third-order valence-corrected chi connectivity index (χ3v) is 5.13. The third kappa shape index (κ3) is 3.03. The molecule has 0 aromatic heterocycles. The number of hydrogen-bond acceptors (Lipinski definition) is 1. The first-order valence-corrected chi connectivity index (χ1v) is 8.19. The molecule has 19 heavy (non-hydrogen) atoms. The summed E-state index contributed by atoms with van der Waals surface area (Å²) < 4.78 is 13.7. The first-order chi connectivity index (χ1) is 9.22. The van der Waals surface area contributed by atoms with Gasteiger partial charge in [0.1, 0.15) is 5.82 Å². The van der Waals surface area contributed by atoms with Gasteiger partial charge < -0.3 is 0 Å². The second kappa shape index (κ2) is 5.68. The van der Waals surface area contributed by atoms with Crippen molar-refractivity contribution in [3.8, 4) is 0 Å². The molecule has 98 valence electrons. The zero-order valence-electron chi connectivity index (χ0n) is 10.5. The maximum absolute atomic E-state index is 13.2. The number of halogens is 2. The largest absolute Gasteiger partial charge is 0.206 e. The summed E-state index contributed by atoms with van der Waals surface area (Å²) in [7, 11) is 0. The van der Waals surface area contributed by atoms with Crippen molar-refractivity contribution in [1.82, 2.24) is 0 Å². The molecule has 0 atom stereocenters. The molecule has 2 aromatic carbocycles. The van der Waals surface area contributed by atoms with Gasteiger partial charge in [-0.3, -0.25) is 0 Å². The number of rotatable bonds is 3. The number of fused-ring (bicyclic) bond motifs is 1. The minimum atomic E-state index is -0.203. The Morgan fingerprint density at radius 1 is 1.05 bits per heavy atom. The van der Waals surface area contributed by atoms with E-state index in [1.807, 2.05) is 23.9 Å². The van der Waals surface area contributed by atoms with Gasteiger partial charge in [0.05, 0.1) is 4.47 Å². The Bertz CT molecular complexity index is 610. The first-order valence-electron chi connectivity index (χ1n) is 6.41. The first kappa shape index (κ1) is 13.2. The molecular weight excluding hydrogens is 323 g/mol. The topological polar surface area (TPSA) is 0 Å². The van der Waals surface area contributed by atoms with Crippen LogP contribution in [0.15, 0.2) is 45.8 Å². The van der Waals surface area contributed by atoms with Crippen LogP contribution in [0.3, 0.4) is 0 Å². The van der Waals surface area contributed by atoms with Gasteiger partial charge in [0.2, 0.25) is 0 Å². The molecule has 0 aliphatic heterocycles. The van der Waals surface area contributed by atoms with Crippen LogP contribution in [0.2, 0.25) is 0 Å².